The maximum atomic E-state index is 13.8. The average Bonchev–Trinajstić information content (AvgIpc) is 3.33. The fourth-order valence-corrected chi connectivity index (χ4v) is 6.69. The number of nitrogens with zero attached hydrogens (tertiary/aromatic N) is 4. The molecular weight excluding hydrogens is 539 g/mol. The van der Waals surface area contributed by atoms with E-state index in [1.54, 1.807) is 25.3 Å². The van der Waals surface area contributed by atoms with Crippen LogP contribution in [0, 0.1) is 11.3 Å². The van der Waals surface area contributed by atoms with Crippen LogP contribution in [0.2, 0.25) is 0 Å². The van der Waals surface area contributed by atoms with Gasteiger partial charge < -0.3 is 19.9 Å². The van der Waals surface area contributed by atoms with Gasteiger partial charge >= 0.3 is 13.7 Å². The topological polar surface area (TPSA) is 162 Å². The van der Waals surface area contributed by atoms with Crippen molar-refractivity contribution in [2.24, 2.45) is 11.3 Å². The minimum absolute atomic E-state index is 0.00704. The van der Waals surface area contributed by atoms with Crippen LogP contribution in [-0.4, -0.2) is 68.4 Å². The predicted octanol–water partition coefficient (Wildman–Crippen LogP) is 3.43. The normalized spacial score (nSPS) is 30.4. The van der Waals surface area contributed by atoms with Crippen molar-refractivity contribution in [2.45, 2.75) is 77.8 Å². The molecule has 0 aromatic carbocycles. The molecule has 4 rings (SSSR count). The summed E-state index contributed by atoms with van der Waals surface area (Å²) in [6.45, 7) is 13.2. The second-order valence-electron chi connectivity index (χ2n) is 11.0. The highest BCUT2D eigenvalue weighted by Crippen LogP contribution is 2.58. The Labute approximate surface area is 226 Å². The van der Waals surface area contributed by atoms with Crippen LogP contribution >= 0.6 is 19.3 Å². The second kappa shape index (κ2) is 10.5. The Morgan fingerprint density at radius 2 is 2.11 bits per heavy atom. The van der Waals surface area contributed by atoms with E-state index in [0.717, 1.165) is 0 Å². The Balaban J connectivity index is 1.57. The van der Waals surface area contributed by atoms with E-state index in [9.17, 15) is 9.36 Å². The summed E-state index contributed by atoms with van der Waals surface area (Å²) in [5.41, 5.74) is 6.24. The molecule has 2 aliphatic heterocycles. The number of nitrogens with one attached hydrogen (secondary N) is 1. The number of esters is 1. The summed E-state index contributed by atoms with van der Waals surface area (Å²) < 4.78 is 44.3. The SMILES string of the molecule is CCOc1nc(N)nc2c1ncn2[C@@H]1O[C@@H]2CO[P@](=O)(NC(COC(=O)C(C)C)C(C)(C)C)O[C@H]2[C@@]1(C)Cl. The zero-order chi connectivity index (χ0) is 28.0. The lowest BCUT2D eigenvalue weighted by Gasteiger charge is -2.39. The van der Waals surface area contributed by atoms with Crippen LogP contribution in [0.15, 0.2) is 6.33 Å². The summed E-state index contributed by atoms with van der Waals surface area (Å²) in [6, 6.07) is -0.526. The van der Waals surface area contributed by atoms with Gasteiger partial charge in [0.1, 0.15) is 23.7 Å². The lowest BCUT2D eigenvalue weighted by molar-refractivity contribution is -0.148. The molecule has 2 aromatic rings. The standard InChI is InChI=1S/C23H36ClN6O7P/c1-8-33-18-15-17(27-21(25)28-18)30(11-26-15)20-23(7,24)16-13(36-20)9-35-38(32,37-16)29-14(22(4,5)6)10-34-19(31)12(2)3/h11-14,16,20H,8-10H2,1-7H3,(H,29,32)(H2,25,27,28)/t13-,14?,16-,20-,23-,38-/m1/s1. The maximum Gasteiger partial charge on any atom is 0.406 e. The zero-order valence-corrected chi connectivity index (χ0v) is 24.3. The number of hydrogen-bond donors (Lipinski definition) is 2. The molecule has 0 bridgehead atoms. The highest BCUT2D eigenvalue weighted by molar-refractivity contribution is 7.51. The number of carbonyl (C=O) groups excluding carboxylic acids is 1. The number of halogens is 1. The summed E-state index contributed by atoms with van der Waals surface area (Å²) in [5, 5.41) is 2.97. The van der Waals surface area contributed by atoms with Crippen LogP contribution in [0.25, 0.3) is 11.2 Å². The number of anilines is 1. The molecule has 2 saturated heterocycles. The van der Waals surface area contributed by atoms with Gasteiger partial charge in [-0.3, -0.25) is 18.4 Å². The van der Waals surface area contributed by atoms with Gasteiger partial charge in [-0.25, -0.2) is 14.6 Å². The van der Waals surface area contributed by atoms with Crippen molar-refractivity contribution in [3.63, 3.8) is 0 Å². The van der Waals surface area contributed by atoms with Gasteiger partial charge in [-0.2, -0.15) is 9.97 Å². The Hall–Kier alpha value is -2.02. The fraction of sp³-hybridized carbons (Fsp3) is 0.739. The summed E-state index contributed by atoms with van der Waals surface area (Å²) in [7, 11) is -3.87. The number of rotatable bonds is 8. The number of alkyl halides is 1. The number of carbonyl (C=O) groups is 1. The Morgan fingerprint density at radius 1 is 1.39 bits per heavy atom. The minimum atomic E-state index is -3.87. The van der Waals surface area contributed by atoms with Gasteiger partial charge in [-0.15, -0.1) is 11.6 Å². The number of aromatic nitrogens is 4. The van der Waals surface area contributed by atoms with Crippen molar-refractivity contribution >= 4 is 42.4 Å². The van der Waals surface area contributed by atoms with E-state index in [4.69, 9.17) is 40.6 Å². The first-order valence-corrected chi connectivity index (χ1v) is 14.4. The molecule has 1 unspecified atom stereocenters. The van der Waals surface area contributed by atoms with Gasteiger partial charge in [-0.05, 0) is 19.3 Å². The first-order valence-electron chi connectivity index (χ1n) is 12.5. The molecule has 0 radical (unpaired) electrons. The lowest BCUT2D eigenvalue weighted by atomic mass is 9.88. The molecule has 13 nitrogen and oxygen atoms in total. The quantitative estimate of drug-likeness (QED) is 0.269. The number of nitrogens with two attached hydrogens (primary N) is 1. The summed E-state index contributed by atoms with van der Waals surface area (Å²) in [5.74, 6) is -0.382. The van der Waals surface area contributed by atoms with Gasteiger partial charge in [0.2, 0.25) is 11.8 Å². The number of ether oxygens (including phenoxy) is 3. The monoisotopic (exact) mass is 574 g/mol. The smallest absolute Gasteiger partial charge is 0.406 e. The van der Waals surface area contributed by atoms with E-state index >= 15 is 0 Å². The van der Waals surface area contributed by atoms with Crippen molar-refractivity contribution in [3.8, 4) is 5.88 Å². The van der Waals surface area contributed by atoms with E-state index in [1.807, 2.05) is 27.7 Å². The van der Waals surface area contributed by atoms with Crippen molar-refractivity contribution in [3.05, 3.63) is 6.33 Å². The number of fused-ring (bicyclic) bond motifs is 2. The van der Waals surface area contributed by atoms with E-state index in [2.05, 4.69) is 20.0 Å². The highest BCUT2D eigenvalue weighted by atomic mass is 35.5. The predicted molar refractivity (Wildman–Crippen MR) is 140 cm³/mol. The Kier molecular flexibility index (Phi) is 8.02. The third-order valence-electron chi connectivity index (χ3n) is 6.51. The molecule has 15 heteroatoms. The number of nitrogen functional groups attached to an aromatic ring is 1. The second-order valence-corrected chi connectivity index (χ2v) is 13.5. The Bertz CT molecular complexity index is 1230. The molecule has 0 saturated carbocycles. The average molecular weight is 575 g/mol. The molecule has 3 N–H and O–H groups in total. The van der Waals surface area contributed by atoms with Gasteiger partial charge in [0, 0.05) is 0 Å². The summed E-state index contributed by atoms with van der Waals surface area (Å²) >= 11 is 7.05. The first kappa shape index (κ1) is 29.0. The number of imidazole rings is 1. The van der Waals surface area contributed by atoms with Crippen LogP contribution in [0.5, 0.6) is 5.88 Å². The molecule has 6 atom stereocenters. The van der Waals surface area contributed by atoms with E-state index in [1.165, 1.54) is 6.33 Å². The molecule has 0 amide bonds. The molecule has 2 fully saturated rings. The summed E-state index contributed by atoms with van der Waals surface area (Å²) in [4.78, 5) is 23.7. The first-order chi connectivity index (χ1) is 17.7. The van der Waals surface area contributed by atoms with Gasteiger partial charge in [0.05, 0.1) is 31.5 Å². The molecule has 0 aliphatic carbocycles. The van der Waals surface area contributed by atoms with E-state index in [0.29, 0.717) is 17.8 Å². The van der Waals surface area contributed by atoms with Crippen LogP contribution in [-0.2, 0) is 27.9 Å². The lowest BCUT2D eigenvalue weighted by Crippen LogP contribution is -2.49. The third-order valence-corrected chi connectivity index (χ3v) is 8.53. The van der Waals surface area contributed by atoms with Crippen LogP contribution in [0.1, 0.15) is 54.7 Å². The van der Waals surface area contributed by atoms with Crippen LogP contribution in [0.4, 0.5) is 5.95 Å². The van der Waals surface area contributed by atoms with E-state index < -0.39 is 42.5 Å². The van der Waals surface area contributed by atoms with Crippen molar-refractivity contribution in [1.82, 2.24) is 24.6 Å². The Morgan fingerprint density at radius 3 is 2.74 bits per heavy atom. The molecule has 2 aromatic heterocycles. The van der Waals surface area contributed by atoms with Gasteiger partial charge in [0.15, 0.2) is 17.4 Å². The molecular formula is C23H36ClN6O7P. The minimum Gasteiger partial charge on any atom is -0.476 e. The molecule has 212 valence electrons. The number of hydrogen-bond acceptors (Lipinski definition) is 11. The molecule has 4 heterocycles. The van der Waals surface area contributed by atoms with Crippen LogP contribution < -0.4 is 15.6 Å². The van der Waals surface area contributed by atoms with Crippen LogP contribution in [0.3, 0.4) is 0 Å². The van der Waals surface area contributed by atoms with Crippen molar-refractivity contribution in [1.29, 1.82) is 0 Å². The molecule has 0 spiro atoms. The molecule has 38 heavy (non-hydrogen) atoms. The fourth-order valence-electron chi connectivity index (χ4n) is 4.25. The molecule has 2 aliphatic rings. The highest BCUT2D eigenvalue weighted by Gasteiger charge is 2.60. The van der Waals surface area contributed by atoms with Crippen molar-refractivity contribution < 1.29 is 32.6 Å². The largest absolute Gasteiger partial charge is 0.476 e. The van der Waals surface area contributed by atoms with Crippen molar-refractivity contribution in [2.75, 3.05) is 25.6 Å². The summed E-state index contributed by atoms with van der Waals surface area (Å²) in [6.07, 6.45) is -0.737. The van der Waals surface area contributed by atoms with E-state index in [-0.39, 0.29) is 36.9 Å². The zero-order valence-electron chi connectivity index (χ0n) is 22.6. The van der Waals surface area contributed by atoms with Gasteiger partial charge in [0.25, 0.3) is 0 Å². The van der Waals surface area contributed by atoms with Gasteiger partial charge in [-0.1, -0.05) is 34.6 Å². The third kappa shape index (κ3) is 5.64. The maximum absolute atomic E-state index is 13.8.